The summed E-state index contributed by atoms with van der Waals surface area (Å²) in [4.78, 5) is 0. The molecule has 0 atom stereocenters. The van der Waals surface area contributed by atoms with Crippen LogP contribution in [0.4, 0.5) is 26.3 Å². The van der Waals surface area contributed by atoms with Gasteiger partial charge in [-0.05, 0) is 34.1 Å². The number of aliphatic hydroxyl groups excluding tert-OH is 1. The van der Waals surface area contributed by atoms with Gasteiger partial charge in [-0.2, -0.15) is 34.8 Å². The fourth-order valence-corrected chi connectivity index (χ4v) is 2.91. The van der Waals surface area contributed by atoms with Crippen LogP contribution in [0.25, 0.3) is 0 Å². The molecule has 0 aromatic rings. The van der Waals surface area contributed by atoms with Gasteiger partial charge < -0.3 is 14.6 Å². The average molecular weight is 565 g/mol. The molecule has 0 aromatic carbocycles. The number of ether oxygens (including phenoxy) is 2. The van der Waals surface area contributed by atoms with E-state index in [2.05, 4.69) is 14.9 Å². The minimum absolute atomic E-state index is 0.158. The maximum atomic E-state index is 11.8. The normalized spacial score (nSPS) is 13.5. The van der Waals surface area contributed by atoms with Crippen molar-refractivity contribution in [2.75, 3.05) is 38.9 Å². The Morgan fingerprint density at radius 3 is 1.33 bits per heavy atom. The van der Waals surface area contributed by atoms with Crippen molar-refractivity contribution in [3.05, 3.63) is 0 Å². The van der Waals surface area contributed by atoms with Gasteiger partial charge in [0.15, 0.2) is 11.5 Å². The van der Waals surface area contributed by atoms with Crippen LogP contribution in [0.2, 0.25) is 0 Å². The molecule has 1 N–H and O–H groups in total. The minimum atomic E-state index is -4.78. The van der Waals surface area contributed by atoms with E-state index in [1.165, 1.54) is 7.11 Å². The van der Waals surface area contributed by atoms with Crippen molar-refractivity contribution in [3.8, 4) is 0 Å². The van der Waals surface area contributed by atoms with E-state index in [0.717, 1.165) is 0 Å². The highest BCUT2D eigenvalue weighted by atomic mass is 35.7. The molecule has 0 unspecified atom stereocenters. The highest BCUT2D eigenvalue weighted by molar-refractivity contribution is 8.13. The molecular formula is C16H31ClF6O8S2. The third-order valence-electron chi connectivity index (χ3n) is 3.46. The van der Waals surface area contributed by atoms with E-state index < -0.39 is 48.6 Å². The van der Waals surface area contributed by atoms with Crippen molar-refractivity contribution in [1.82, 2.24) is 0 Å². The topological polar surface area (TPSA) is 116 Å². The first kappa shape index (κ1) is 37.2. The summed E-state index contributed by atoms with van der Waals surface area (Å²) < 4.78 is 124. The molecule has 0 aliphatic carbocycles. The summed E-state index contributed by atoms with van der Waals surface area (Å²) in [5, 5.41) is 8.45. The van der Waals surface area contributed by atoms with E-state index in [4.69, 9.17) is 14.6 Å². The van der Waals surface area contributed by atoms with E-state index in [1.54, 1.807) is 21.0 Å². The molecule has 0 saturated heterocycles. The Bertz CT molecular complexity index is 735. The molecule has 8 nitrogen and oxygen atoms in total. The molecule has 0 saturated carbocycles. The number of hydrogen-bond acceptors (Lipinski definition) is 8. The number of hydrogen-bond donors (Lipinski definition) is 1. The van der Waals surface area contributed by atoms with Gasteiger partial charge in [-0.3, -0.25) is 4.18 Å². The molecule has 0 spiro atoms. The van der Waals surface area contributed by atoms with E-state index in [1.807, 2.05) is 13.8 Å². The molecule has 17 heteroatoms. The van der Waals surface area contributed by atoms with Gasteiger partial charge in [0.1, 0.15) is 0 Å². The number of aliphatic hydroxyl groups is 1. The Morgan fingerprint density at radius 2 is 1.12 bits per heavy atom. The second-order valence-electron chi connectivity index (χ2n) is 7.59. The van der Waals surface area contributed by atoms with Crippen LogP contribution < -0.4 is 0 Å². The van der Waals surface area contributed by atoms with Crippen LogP contribution in [-0.4, -0.2) is 84.4 Å². The van der Waals surface area contributed by atoms with E-state index in [0.29, 0.717) is 6.42 Å². The Labute approximate surface area is 195 Å². The monoisotopic (exact) mass is 564 g/mol. The van der Waals surface area contributed by atoms with Crippen molar-refractivity contribution in [2.45, 2.75) is 64.1 Å². The summed E-state index contributed by atoms with van der Waals surface area (Å²) in [6, 6.07) is 0. The van der Waals surface area contributed by atoms with Gasteiger partial charge in [-0.25, -0.2) is 8.42 Å². The summed E-state index contributed by atoms with van der Waals surface area (Å²) in [6.45, 7) is 7.10. The van der Waals surface area contributed by atoms with Crippen LogP contribution in [0.5, 0.6) is 0 Å². The summed E-state index contributed by atoms with van der Waals surface area (Å²) >= 11 is 0. The first-order valence-corrected chi connectivity index (χ1v) is 13.0. The zero-order valence-corrected chi connectivity index (χ0v) is 21.4. The second kappa shape index (κ2) is 14.9. The van der Waals surface area contributed by atoms with E-state index in [9.17, 15) is 43.2 Å². The van der Waals surface area contributed by atoms with E-state index in [-0.39, 0.29) is 25.2 Å². The van der Waals surface area contributed by atoms with Gasteiger partial charge >= 0.3 is 12.4 Å². The molecule has 0 aliphatic rings. The Hall–Kier alpha value is -0.390. The van der Waals surface area contributed by atoms with Crippen molar-refractivity contribution in [2.24, 2.45) is 0 Å². The van der Waals surface area contributed by atoms with Crippen LogP contribution >= 0.6 is 10.7 Å². The number of alkyl halides is 6. The molecule has 0 rings (SSSR count). The Balaban J connectivity index is -0.000000449. The standard InChI is InChI=1S/C8H15F3O4S.C6H14O2.C2H2ClF3O2S/c1-7(2,14-3)4-5-15-16(12,13)6-8(9,10)11;1-6(2,8-3)4-5-7;3-9(7,8)1-2(4,5)6/h4-6H2,1-3H3;7H,4-5H2,1-3H3;1H2. The van der Waals surface area contributed by atoms with Crippen LogP contribution in [-0.2, 0) is 32.8 Å². The fraction of sp³-hybridized carbons (Fsp3) is 1.00. The summed E-state index contributed by atoms with van der Waals surface area (Å²) in [5.74, 6) is -3.94. The third kappa shape index (κ3) is 31.6. The maximum absolute atomic E-state index is 11.8. The smallest absolute Gasteiger partial charge is 0.396 e. The lowest BCUT2D eigenvalue weighted by atomic mass is 10.1. The highest BCUT2D eigenvalue weighted by Gasteiger charge is 2.36. The van der Waals surface area contributed by atoms with Gasteiger partial charge in [0.2, 0.25) is 9.05 Å². The van der Waals surface area contributed by atoms with Gasteiger partial charge in [0, 0.05) is 37.9 Å². The number of methoxy groups -OCH3 is 2. The zero-order valence-electron chi connectivity index (χ0n) is 19.0. The van der Waals surface area contributed by atoms with Crippen molar-refractivity contribution in [3.63, 3.8) is 0 Å². The molecule has 0 aliphatic heterocycles. The SMILES string of the molecule is COC(C)(C)CCO.COC(C)(C)CCOS(=O)(=O)CC(F)(F)F.O=S(=O)(Cl)CC(F)(F)F. The van der Waals surface area contributed by atoms with Crippen LogP contribution in [0, 0.1) is 0 Å². The Kier molecular flexibility index (Phi) is 16.8. The highest BCUT2D eigenvalue weighted by Crippen LogP contribution is 2.20. The van der Waals surface area contributed by atoms with Gasteiger partial charge in [-0.1, -0.05) is 0 Å². The summed E-state index contributed by atoms with van der Waals surface area (Å²) in [6.07, 6.45) is -8.64. The molecule has 0 aromatic heterocycles. The molecule has 0 bridgehead atoms. The first-order valence-electron chi connectivity index (χ1n) is 8.94. The van der Waals surface area contributed by atoms with Crippen LogP contribution in [0.1, 0.15) is 40.5 Å². The lowest BCUT2D eigenvalue weighted by Crippen LogP contribution is -2.28. The molecule has 0 fully saturated rings. The second-order valence-corrected chi connectivity index (χ2v) is 12.0. The van der Waals surface area contributed by atoms with Crippen molar-refractivity contribution in [1.29, 1.82) is 0 Å². The lowest BCUT2D eigenvalue weighted by Gasteiger charge is -2.22. The number of halogens is 7. The number of rotatable bonds is 10. The van der Waals surface area contributed by atoms with Crippen molar-refractivity contribution < 1.29 is 61.9 Å². The van der Waals surface area contributed by atoms with E-state index >= 15 is 0 Å². The fourth-order valence-electron chi connectivity index (χ4n) is 1.33. The third-order valence-corrected chi connectivity index (χ3v) is 5.67. The molecule has 0 heterocycles. The predicted octanol–water partition coefficient (Wildman–Crippen LogP) is 3.62. The average Bonchev–Trinajstić information content (AvgIpc) is 2.49. The molecular weight excluding hydrogens is 534 g/mol. The molecule has 33 heavy (non-hydrogen) atoms. The summed E-state index contributed by atoms with van der Waals surface area (Å²) in [7, 11) is -1.65. The lowest BCUT2D eigenvalue weighted by molar-refractivity contribution is -0.108. The quantitative estimate of drug-likeness (QED) is 0.243. The van der Waals surface area contributed by atoms with Crippen LogP contribution in [0.3, 0.4) is 0 Å². The largest absolute Gasteiger partial charge is 0.405 e. The summed E-state index contributed by atoms with van der Waals surface area (Å²) in [5.41, 5.74) is -0.789. The van der Waals surface area contributed by atoms with Gasteiger partial charge in [-0.15, -0.1) is 0 Å². The maximum Gasteiger partial charge on any atom is 0.405 e. The van der Waals surface area contributed by atoms with Crippen LogP contribution in [0.15, 0.2) is 0 Å². The molecule has 204 valence electrons. The minimum Gasteiger partial charge on any atom is -0.396 e. The predicted molar refractivity (Wildman–Crippen MR) is 110 cm³/mol. The molecule has 0 radical (unpaired) electrons. The van der Waals surface area contributed by atoms with Gasteiger partial charge in [0.25, 0.3) is 10.1 Å². The zero-order chi connectivity index (χ0) is 27.4. The molecule has 0 amide bonds. The van der Waals surface area contributed by atoms with Crippen molar-refractivity contribution >= 4 is 29.9 Å². The first-order chi connectivity index (χ1) is 14.3. The van der Waals surface area contributed by atoms with Gasteiger partial charge in [0.05, 0.1) is 17.8 Å². The Morgan fingerprint density at radius 1 is 0.758 bits per heavy atom.